The average Bonchev–Trinajstić information content (AvgIpc) is 3.09. The number of para-hydroxylation sites is 1. The number of nitriles is 1. The SMILES string of the molecule is CN(C)/C=N/c1c(C#N)cc2nc3ccccc3c-2n1-c1ccc([N+](=O)[O-])cc1. The van der Waals surface area contributed by atoms with Crippen molar-refractivity contribution in [1.82, 2.24) is 14.5 Å². The molecule has 2 heterocycles. The fourth-order valence-corrected chi connectivity index (χ4v) is 3.21. The molecule has 0 amide bonds. The number of nitro benzene ring substituents is 1. The minimum Gasteiger partial charge on any atom is -0.369 e. The highest BCUT2D eigenvalue weighted by molar-refractivity contribution is 5.97. The molecule has 29 heavy (non-hydrogen) atoms. The lowest BCUT2D eigenvalue weighted by molar-refractivity contribution is -0.384. The number of nitro groups is 1. The zero-order valence-corrected chi connectivity index (χ0v) is 15.8. The van der Waals surface area contributed by atoms with Gasteiger partial charge in [0.25, 0.3) is 5.69 Å². The Morgan fingerprint density at radius 3 is 2.59 bits per heavy atom. The maximum absolute atomic E-state index is 11.1. The number of aliphatic imine (C=N–C) groups is 1. The number of benzene rings is 2. The van der Waals surface area contributed by atoms with Crippen molar-refractivity contribution in [2.45, 2.75) is 0 Å². The lowest BCUT2D eigenvalue weighted by Gasteiger charge is -2.18. The number of hydrogen-bond donors (Lipinski definition) is 0. The number of fused-ring (bicyclic) bond motifs is 3. The van der Waals surface area contributed by atoms with Gasteiger partial charge in [-0.3, -0.25) is 14.7 Å². The van der Waals surface area contributed by atoms with E-state index in [1.165, 1.54) is 12.1 Å². The van der Waals surface area contributed by atoms with Crippen molar-refractivity contribution in [1.29, 1.82) is 5.26 Å². The van der Waals surface area contributed by atoms with E-state index in [-0.39, 0.29) is 5.69 Å². The second-order valence-electron chi connectivity index (χ2n) is 6.67. The average molecular weight is 384 g/mol. The molecule has 2 aromatic carbocycles. The van der Waals surface area contributed by atoms with Crippen molar-refractivity contribution >= 4 is 28.7 Å². The van der Waals surface area contributed by atoms with E-state index in [2.05, 4.69) is 16.0 Å². The third kappa shape index (κ3) is 3.15. The second-order valence-corrected chi connectivity index (χ2v) is 6.67. The maximum atomic E-state index is 11.1. The van der Waals surface area contributed by atoms with E-state index in [0.717, 1.165) is 16.6 Å². The van der Waals surface area contributed by atoms with Gasteiger partial charge in [0.15, 0.2) is 5.82 Å². The molecule has 0 aliphatic carbocycles. The summed E-state index contributed by atoms with van der Waals surface area (Å²) in [6, 6.07) is 17.8. The second kappa shape index (κ2) is 7.05. The van der Waals surface area contributed by atoms with E-state index in [4.69, 9.17) is 0 Å². The van der Waals surface area contributed by atoms with Crippen LogP contribution in [0.3, 0.4) is 0 Å². The number of rotatable bonds is 4. The molecule has 0 unspecified atom stereocenters. The predicted octanol–water partition coefficient (Wildman–Crippen LogP) is 4.13. The zero-order chi connectivity index (χ0) is 20.5. The summed E-state index contributed by atoms with van der Waals surface area (Å²) >= 11 is 0. The first-order chi connectivity index (χ1) is 14.0. The molecule has 0 saturated carbocycles. The Morgan fingerprint density at radius 1 is 1.21 bits per heavy atom. The summed E-state index contributed by atoms with van der Waals surface area (Å²) in [6.45, 7) is 0. The van der Waals surface area contributed by atoms with Crippen LogP contribution in [0.2, 0.25) is 0 Å². The first kappa shape index (κ1) is 18.1. The minimum absolute atomic E-state index is 0.00846. The third-order valence-electron chi connectivity index (χ3n) is 4.45. The quantitative estimate of drug-likeness (QED) is 0.228. The zero-order valence-electron chi connectivity index (χ0n) is 15.8. The van der Waals surface area contributed by atoms with Gasteiger partial charge in [0.05, 0.1) is 33.7 Å². The van der Waals surface area contributed by atoms with Crippen LogP contribution in [-0.4, -0.2) is 39.8 Å². The Morgan fingerprint density at radius 2 is 1.93 bits per heavy atom. The Kier molecular flexibility index (Phi) is 4.41. The molecule has 2 aliphatic rings. The molecule has 8 heteroatoms. The summed E-state index contributed by atoms with van der Waals surface area (Å²) in [7, 11) is 3.67. The molecule has 0 saturated heterocycles. The highest BCUT2D eigenvalue weighted by Crippen LogP contribution is 2.39. The number of nitrogens with zero attached hydrogens (tertiary/aromatic N) is 6. The number of non-ortho nitro benzene ring substituents is 1. The first-order valence-corrected chi connectivity index (χ1v) is 8.79. The maximum Gasteiger partial charge on any atom is 0.269 e. The molecule has 0 bridgehead atoms. The normalized spacial score (nSPS) is 11.2. The third-order valence-corrected chi connectivity index (χ3v) is 4.45. The molecule has 4 rings (SSSR count). The van der Waals surface area contributed by atoms with Crippen molar-refractivity contribution in [2.24, 2.45) is 4.99 Å². The van der Waals surface area contributed by atoms with Crippen molar-refractivity contribution in [3.05, 3.63) is 70.3 Å². The molecule has 0 radical (unpaired) electrons. The Labute approximate surface area is 166 Å². The van der Waals surface area contributed by atoms with Gasteiger partial charge in [0.2, 0.25) is 0 Å². The van der Waals surface area contributed by atoms with Gasteiger partial charge in [0.1, 0.15) is 6.07 Å². The monoisotopic (exact) mass is 384 g/mol. The molecule has 2 aliphatic heterocycles. The van der Waals surface area contributed by atoms with Crippen LogP contribution in [0.15, 0.2) is 59.6 Å². The topological polar surface area (TPSA) is 100 Å². The van der Waals surface area contributed by atoms with Crippen LogP contribution in [0, 0.1) is 21.4 Å². The lowest BCUT2D eigenvalue weighted by Crippen LogP contribution is -2.09. The number of pyridine rings is 1. The van der Waals surface area contributed by atoms with Crippen LogP contribution in [0.25, 0.3) is 28.0 Å². The highest BCUT2D eigenvalue weighted by Gasteiger charge is 2.22. The van der Waals surface area contributed by atoms with Crippen LogP contribution < -0.4 is 0 Å². The molecule has 0 atom stereocenters. The summed E-state index contributed by atoms with van der Waals surface area (Å²) in [6.07, 6.45) is 1.61. The van der Waals surface area contributed by atoms with E-state index >= 15 is 0 Å². The molecule has 8 nitrogen and oxygen atoms in total. The van der Waals surface area contributed by atoms with Gasteiger partial charge in [0, 0.05) is 37.3 Å². The molecule has 0 aromatic heterocycles. The van der Waals surface area contributed by atoms with Crippen molar-refractivity contribution in [3.63, 3.8) is 0 Å². The van der Waals surface area contributed by atoms with E-state index in [1.54, 1.807) is 29.4 Å². The molecule has 0 N–H and O–H groups in total. The Hall–Kier alpha value is -4.25. The molecule has 0 fully saturated rings. The summed E-state index contributed by atoms with van der Waals surface area (Å²) in [5, 5.41) is 21.7. The van der Waals surface area contributed by atoms with Crippen LogP contribution in [0.4, 0.5) is 11.5 Å². The highest BCUT2D eigenvalue weighted by atomic mass is 16.6. The molecule has 142 valence electrons. The van der Waals surface area contributed by atoms with Crippen LogP contribution >= 0.6 is 0 Å². The van der Waals surface area contributed by atoms with Crippen LogP contribution in [-0.2, 0) is 0 Å². The van der Waals surface area contributed by atoms with Crippen molar-refractivity contribution in [3.8, 4) is 23.1 Å². The number of hydrogen-bond acceptors (Lipinski definition) is 5. The summed E-state index contributed by atoms with van der Waals surface area (Å²) in [4.78, 5) is 21.6. The van der Waals surface area contributed by atoms with Crippen molar-refractivity contribution in [2.75, 3.05) is 14.1 Å². The number of aromatic nitrogens is 2. The van der Waals surface area contributed by atoms with E-state index in [0.29, 0.717) is 22.8 Å². The van der Waals surface area contributed by atoms with Gasteiger partial charge in [-0.1, -0.05) is 18.2 Å². The predicted molar refractivity (Wildman–Crippen MR) is 111 cm³/mol. The van der Waals surface area contributed by atoms with Crippen LogP contribution in [0.5, 0.6) is 0 Å². The van der Waals surface area contributed by atoms with Gasteiger partial charge in [-0.15, -0.1) is 0 Å². The minimum atomic E-state index is -0.444. The smallest absolute Gasteiger partial charge is 0.269 e. The Bertz CT molecular complexity index is 1260. The van der Waals surface area contributed by atoms with Gasteiger partial charge >= 0.3 is 0 Å². The summed E-state index contributed by atoms with van der Waals surface area (Å²) < 4.78 is 1.83. The molecule has 2 aromatic rings. The Balaban J connectivity index is 2.11. The largest absolute Gasteiger partial charge is 0.369 e. The fourth-order valence-electron chi connectivity index (χ4n) is 3.21. The lowest BCUT2D eigenvalue weighted by atomic mass is 10.1. The van der Waals surface area contributed by atoms with E-state index < -0.39 is 4.92 Å². The van der Waals surface area contributed by atoms with Crippen molar-refractivity contribution < 1.29 is 4.92 Å². The van der Waals surface area contributed by atoms with E-state index in [9.17, 15) is 15.4 Å². The van der Waals surface area contributed by atoms with Gasteiger partial charge in [-0.05, 0) is 24.3 Å². The van der Waals surface area contributed by atoms with Gasteiger partial charge in [-0.25, -0.2) is 9.98 Å². The molecule has 0 spiro atoms. The van der Waals surface area contributed by atoms with Gasteiger partial charge in [-0.2, -0.15) is 5.26 Å². The fraction of sp³-hybridized carbons (Fsp3) is 0.0952. The molecular weight excluding hydrogens is 368 g/mol. The summed E-state index contributed by atoms with van der Waals surface area (Å²) in [5.41, 5.74) is 3.25. The van der Waals surface area contributed by atoms with Gasteiger partial charge < -0.3 is 4.90 Å². The van der Waals surface area contributed by atoms with E-state index in [1.807, 2.05) is 42.9 Å². The molecular formula is C21H16N6O2. The van der Waals surface area contributed by atoms with Crippen LogP contribution in [0.1, 0.15) is 5.56 Å². The summed E-state index contributed by atoms with van der Waals surface area (Å²) in [5.74, 6) is 0.431. The standard InChI is InChI=1S/C21H16N6O2/c1-25(2)13-23-21-14(12-22)11-19-20(17-5-3-4-6-18(17)24-19)26(21)15-7-9-16(10-8-15)27(28)29/h3-11,13H,1-2H3/b23-13+. The first-order valence-electron chi connectivity index (χ1n) is 8.79.